The number of nitrogen functional groups attached to an aromatic ring is 1. The number of amides is 1. The average Bonchev–Trinajstić information content (AvgIpc) is 2.80. The van der Waals surface area contributed by atoms with Gasteiger partial charge in [0.05, 0.1) is 12.2 Å². The predicted molar refractivity (Wildman–Crippen MR) is 76.0 cm³/mol. The fraction of sp³-hybridized carbons (Fsp3) is 0.357. The van der Waals surface area contributed by atoms with E-state index in [0.717, 1.165) is 17.3 Å². The number of benzene rings is 1. The van der Waals surface area contributed by atoms with Gasteiger partial charge in [-0.3, -0.25) is 4.79 Å². The quantitative estimate of drug-likeness (QED) is 0.715. The number of nitrogens with two attached hydrogens (primary N) is 1. The number of carbonyl (C=O) groups excluding carboxylic acids is 1. The summed E-state index contributed by atoms with van der Waals surface area (Å²) in [6.45, 7) is 2.96. The van der Waals surface area contributed by atoms with E-state index in [1.165, 1.54) is 0 Å². The van der Waals surface area contributed by atoms with Gasteiger partial charge in [-0.2, -0.15) is 0 Å². The van der Waals surface area contributed by atoms with E-state index >= 15 is 0 Å². The van der Waals surface area contributed by atoms with Crippen molar-refractivity contribution in [3.63, 3.8) is 0 Å². The first-order valence-electron chi connectivity index (χ1n) is 6.44. The smallest absolute Gasteiger partial charge is 0.256 e. The molecule has 5 nitrogen and oxygen atoms in total. The summed E-state index contributed by atoms with van der Waals surface area (Å²) >= 11 is 0. The van der Waals surface area contributed by atoms with Crippen molar-refractivity contribution >= 4 is 22.5 Å². The molecule has 19 heavy (non-hydrogen) atoms. The van der Waals surface area contributed by atoms with Gasteiger partial charge in [0.25, 0.3) is 5.91 Å². The second-order valence-corrected chi connectivity index (χ2v) is 4.52. The van der Waals surface area contributed by atoms with Gasteiger partial charge in [-0.25, -0.2) is 0 Å². The molecule has 0 aliphatic carbocycles. The molecule has 0 radical (unpaired) electrons. The first-order valence-corrected chi connectivity index (χ1v) is 6.44. The molecule has 2 rings (SSSR count). The Bertz CT molecular complexity index is 571. The Morgan fingerprint density at radius 3 is 2.89 bits per heavy atom. The lowest BCUT2D eigenvalue weighted by molar-refractivity contribution is 0.0724. The topological polar surface area (TPSA) is 82.3 Å². The van der Waals surface area contributed by atoms with Crippen LogP contribution in [0.4, 0.5) is 5.69 Å². The molecule has 0 atom stereocenters. The van der Waals surface area contributed by atoms with Crippen LogP contribution in [0.1, 0.15) is 23.7 Å². The van der Waals surface area contributed by atoms with E-state index in [-0.39, 0.29) is 12.5 Å². The van der Waals surface area contributed by atoms with Gasteiger partial charge in [-0.1, -0.05) is 6.92 Å². The highest BCUT2D eigenvalue weighted by molar-refractivity contribution is 6.07. The van der Waals surface area contributed by atoms with Crippen LogP contribution >= 0.6 is 0 Å². The summed E-state index contributed by atoms with van der Waals surface area (Å²) in [5.41, 5.74) is 7.88. The second kappa shape index (κ2) is 5.75. The molecule has 1 aromatic carbocycles. The zero-order valence-electron chi connectivity index (χ0n) is 11.0. The van der Waals surface area contributed by atoms with Crippen LogP contribution in [0.5, 0.6) is 0 Å². The zero-order chi connectivity index (χ0) is 13.8. The van der Waals surface area contributed by atoms with E-state index in [4.69, 9.17) is 10.8 Å². The molecule has 5 heteroatoms. The van der Waals surface area contributed by atoms with Gasteiger partial charge in [-0.05, 0) is 24.6 Å². The molecular weight excluding hydrogens is 242 g/mol. The molecule has 2 aromatic rings. The summed E-state index contributed by atoms with van der Waals surface area (Å²) in [5.74, 6) is -0.0762. The number of H-pyrrole nitrogens is 1. The molecule has 0 aliphatic heterocycles. The lowest BCUT2D eigenvalue weighted by Gasteiger charge is -2.20. The van der Waals surface area contributed by atoms with Gasteiger partial charge >= 0.3 is 0 Å². The number of hydrogen-bond acceptors (Lipinski definition) is 3. The molecule has 0 spiro atoms. The van der Waals surface area contributed by atoms with Crippen molar-refractivity contribution in [1.82, 2.24) is 9.88 Å². The van der Waals surface area contributed by atoms with E-state index < -0.39 is 0 Å². The van der Waals surface area contributed by atoms with Crippen LogP contribution in [-0.4, -0.2) is 40.6 Å². The Balaban J connectivity index is 2.36. The van der Waals surface area contributed by atoms with Crippen molar-refractivity contribution in [3.05, 3.63) is 30.0 Å². The normalized spacial score (nSPS) is 10.8. The largest absolute Gasteiger partial charge is 0.399 e. The fourth-order valence-electron chi connectivity index (χ4n) is 2.19. The first-order chi connectivity index (χ1) is 9.17. The first kappa shape index (κ1) is 13.4. The van der Waals surface area contributed by atoms with Crippen LogP contribution in [0.15, 0.2) is 24.4 Å². The third kappa shape index (κ3) is 2.71. The molecule has 1 aromatic heterocycles. The van der Waals surface area contributed by atoms with Crippen LogP contribution in [-0.2, 0) is 0 Å². The second-order valence-electron chi connectivity index (χ2n) is 4.52. The Labute approximate surface area is 112 Å². The number of aromatic amines is 1. The van der Waals surface area contributed by atoms with Crippen LogP contribution in [0.25, 0.3) is 10.9 Å². The van der Waals surface area contributed by atoms with E-state index in [9.17, 15) is 4.79 Å². The maximum absolute atomic E-state index is 12.5. The number of anilines is 1. The molecule has 1 heterocycles. The summed E-state index contributed by atoms with van der Waals surface area (Å²) in [6.07, 6.45) is 2.56. The number of aliphatic hydroxyl groups excluding tert-OH is 1. The standard InChI is InChI=1S/C14H19N3O2/c1-2-5-17(6-7-18)14(19)12-9-16-13-4-3-10(15)8-11(12)13/h3-4,8-9,16,18H,2,5-7,15H2,1H3. The van der Waals surface area contributed by atoms with Crippen molar-refractivity contribution in [2.24, 2.45) is 0 Å². The van der Waals surface area contributed by atoms with E-state index in [1.54, 1.807) is 23.2 Å². The molecule has 0 aliphatic rings. The van der Waals surface area contributed by atoms with Crippen LogP contribution in [0.3, 0.4) is 0 Å². The van der Waals surface area contributed by atoms with Crippen molar-refractivity contribution in [1.29, 1.82) is 0 Å². The van der Waals surface area contributed by atoms with Crippen molar-refractivity contribution < 1.29 is 9.90 Å². The molecule has 102 valence electrons. The summed E-state index contributed by atoms with van der Waals surface area (Å²) in [6, 6.07) is 5.45. The number of nitrogens with zero attached hydrogens (tertiary/aromatic N) is 1. The Hall–Kier alpha value is -2.01. The highest BCUT2D eigenvalue weighted by Gasteiger charge is 2.18. The van der Waals surface area contributed by atoms with Gasteiger partial charge in [-0.15, -0.1) is 0 Å². The highest BCUT2D eigenvalue weighted by atomic mass is 16.3. The van der Waals surface area contributed by atoms with Crippen molar-refractivity contribution in [3.8, 4) is 0 Å². The summed E-state index contributed by atoms with van der Waals surface area (Å²) < 4.78 is 0. The zero-order valence-corrected chi connectivity index (χ0v) is 11.0. The molecule has 0 saturated carbocycles. The lowest BCUT2D eigenvalue weighted by atomic mass is 10.1. The van der Waals surface area contributed by atoms with Gasteiger partial charge in [0, 0.05) is 35.9 Å². The number of rotatable bonds is 5. The summed E-state index contributed by atoms with van der Waals surface area (Å²) in [5, 5.41) is 9.87. The van der Waals surface area contributed by atoms with Crippen molar-refractivity contribution in [2.45, 2.75) is 13.3 Å². The summed E-state index contributed by atoms with van der Waals surface area (Å²) in [4.78, 5) is 17.2. The highest BCUT2D eigenvalue weighted by Crippen LogP contribution is 2.22. The number of nitrogens with one attached hydrogen (secondary N) is 1. The monoisotopic (exact) mass is 261 g/mol. The van der Waals surface area contributed by atoms with E-state index in [0.29, 0.717) is 24.3 Å². The van der Waals surface area contributed by atoms with Gasteiger partial charge in [0.1, 0.15) is 0 Å². The van der Waals surface area contributed by atoms with Gasteiger partial charge in [0.15, 0.2) is 0 Å². The van der Waals surface area contributed by atoms with Crippen LogP contribution in [0.2, 0.25) is 0 Å². The minimum absolute atomic E-state index is 0.0315. The van der Waals surface area contributed by atoms with Gasteiger partial charge < -0.3 is 20.7 Å². The molecule has 0 fully saturated rings. The van der Waals surface area contributed by atoms with Crippen LogP contribution in [0, 0.1) is 0 Å². The SMILES string of the molecule is CCCN(CCO)C(=O)c1c[nH]c2ccc(N)cc12. The predicted octanol–water partition coefficient (Wildman–Crippen LogP) is 1.59. The van der Waals surface area contributed by atoms with Crippen LogP contribution < -0.4 is 5.73 Å². The molecular formula is C14H19N3O2. The number of fused-ring (bicyclic) bond motifs is 1. The number of aliphatic hydroxyl groups is 1. The molecule has 1 amide bonds. The third-order valence-corrected chi connectivity index (χ3v) is 3.09. The molecule has 0 bridgehead atoms. The Kier molecular flexibility index (Phi) is 4.06. The third-order valence-electron chi connectivity index (χ3n) is 3.09. The maximum atomic E-state index is 12.5. The molecule has 4 N–H and O–H groups in total. The minimum atomic E-state index is -0.0762. The van der Waals surface area contributed by atoms with Crippen molar-refractivity contribution in [2.75, 3.05) is 25.4 Å². The van der Waals surface area contributed by atoms with Gasteiger partial charge in [0.2, 0.25) is 0 Å². The molecule has 0 unspecified atom stereocenters. The Morgan fingerprint density at radius 1 is 1.42 bits per heavy atom. The van der Waals surface area contributed by atoms with E-state index in [1.807, 2.05) is 13.0 Å². The van der Waals surface area contributed by atoms with E-state index in [2.05, 4.69) is 4.98 Å². The average molecular weight is 261 g/mol. The number of carbonyl (C=O) groups is 1. The number of aromatic nitrogens is 1. The fourth-order valence-corrected chi connectivity index (χ4v) is 2.19. The lowest BCUT2D eigenvalue weighted by Crippen LogP contribution is -2.34. The molecule has 0 saturated heterocycles. The maximum Gasteiger partial charge on any atom is 0.256 e. The Morgan fingerprint density at radius 2 is 2.21 bits per heavy atom. The number of hydrogen-bond donors (Lipinski definition) is 3. The minimum Gasteiger partial charge on any atom is -0.399 e. The summed E-state index contributed by atoms with van der Waals surface area (Å²) in [7, 11) is 0.